The van der Waals surface area contributed by atoms with E-state index in [1.807, 2.05) is 35.0 Å². The molecule has 19 heavy (non-hydrogen) atoms. The van der Waals surface area contributed by atoms with Gasteiger partial charge in [-0.1, -0.05) is 6.07 Å². The largest absolute Gasteiger partial charge is 0.490 e. The Morgan fingerprint density at radius 2 is 2.11 bits per heavy atom. The second-order valence-corrected chi connectivity index (χ2v) is 5.62. The highest BCUT2D eigenvalue weighted by Gasteiger charge is 2.12. The second kappa shape index (κ2) is 7.05. The molecule has 0 radical (unpaired) electrons. The van der Waals surface area contributed by atoms with Crippen molar-refractivity contribution in [1.29, 1.82) is 0 Å². The number of hydrogen-bond acceptors (Lipinski definition) is 4. The molecular formula is C14H15BrO3S. The van der Waals surface area contributed by atoms with Gasteiger partial charge in [0.2, 0.25) is 0 Å². The number of halogens is 1. The van der Waals surface area contributed by atoms with E-state index in [-0.39, 0.29) is 0 Å². The van der Waals surface area contributed by atoms with Crippen molar-refractivity contribution in [3.8, 4) is 5.75 Å². The van der Waals surface area contributed by atoms with Gasteiger partial charge in [-0.05, 0) is 56.0 Å². The molecule has 2 aromatic rings. The summed E-state index contributed by atoms with van der Waals surface area (Å²) in [5.74, 6) is 0.748. The van der Waals surface area contributed by atoms with Crippen LogP contribution in [0.4, 0.5) is 0 Å². The van der Waals surface area contributed by atoms with Crippen LogP contribution in [0.2, 0.25) is 0 Å². The minimum absolute atomic E-state index is 0.502. The molecule has 102 valence electrons. The molecule has 0 fully saturated rings. The molecule has 1 unspecified atom stereocenters. The van der Waals surface area contributed by atoms with E-state index in [9.17, 15) is 5.11 Å². The number of aliphatic hydroxyl groups excluding tert-OH is 1. The lowest BCUT2D eigenvalue weighted by molar-refractivity contribution is 0.146. The third-order valence-corrected chi connectivity index (χ3v) is 4.00. The topological polar surface area (TPSA) is 38.7 Å². The zero-order valence-electron chi connectivity index (χ0n) is 10.5. The highest BCUT2D eigenvalue weighted by molar-refractivity contribution is 9.10. The zero-order valence-corrected chi connectivity index (χ0v) is 12.9. The normalized spacial score (nSPS) is 12.4. The Labute approximate surface area is 124 Å². The number of thiophene rings is 1. The maximum atomic E-state index is 10.2. The Hall–Kier alpha value is -0.880. The molecule has 0 aliphatic rings. The fourth-order valence-corrected chi connectivity index (χ4v) is 2.85. The molecule has 0 saturated heterocycles. The number of methoxy groups -OCH3 is 1. The van der Waals surface area contributed by atoms with Crippen molar-refractivity contribution in [2.75, 3.05) is 20.3 Å². The molecule has 0 bridgehead atoms. The fourth-order valence-electron chi connectivity index (χ4n) is 1.66. The van der Waals surface area contributed by atoms with Crippen LogP contribution < -0.4 is 4.74 Å². The van der Waals surface area contributed by atoms with Crippen molar-refractivity contribution in [1.82, 2.24) is 0 Å². The van der Waals surface area contributed by atoms with Crippen LogP contribution in [0.1, 0.15) is 17.2 Å². The van der Waals surface area contributed by atoms with Gasteiger partial charge in [-0.3, -0.25) is 0 Å². The Morgan fingerprint density at radius 3 is 2.74 bits per heavy atom. The molecule has 1 aromatic heterocycles. The zero-order chi connectivity index (χ0) is 13.7. The lowest BCUT2D eigenvalue weighted by atomic mass is 10.0. The number of ether oxygens (including phenoxy) is 2. The monoisotopic (exact) mass is 342 g/mol. The van der Waals surface area contributed by atoms with Gasteiger partial charge >= 0.3 is 0 Å². The molecule has 2 rings (SSSR count). The van der Waals surface area contributed by atoms with Crippen LogP contribution in [0.15, 0.2) is 39.5 Å². The fraction of sp³-hybridized carbons (Fsp3) is 0.286. The summed E-state index contributed by atoms with van der Waals surface area (Å²) in [4.78, 5) is 0. The van der Waals surface area contributed by atoms with Crippen molar-refractivity contribution in [3.63, 3.8) is 0 Å². The number of aliphatic hydroxyl groups is 1. The number of rotatable bonds is 6. The van der Waals surface area contributed by atoms with E-state index < -0.39 is 6.10 Å². The molecule has 0 saturated carbocycles. The van der Waals surface area contributed by atoms with Gasteiger partial charge in [-0.25, -0.2) is 0 Å². The van der Waals surface area contributed by atoms with Gasteiger partial charge in [0.05, 0.1) is 11.1 Å². The van der Waals surface area contributed by atoms with Crippen molar-refractivity contribution < 1.29 is 14.6 Å². The van der Waals surface area contributed by atoms with E-state index in [2.05, 4.69) is 15.9 Å². The summed E-state index contributed by atoms with van der Waals surface area (Å²) in [6, 6.07) is 7.52. The van der Waals surface area contributed by atoms with E-state index >= 15 is 0 Å². The first-order valence-corrected chi connectivity index (χ1v) is 7.57. The number of benzene rings is 1. The molecule has 0 spiro atoms. The van der Waals surface area contributed by atoms with E-state index in [1.165, 1.54) is 0 Å². The Bertz CT molecular complexity index is 513. The molecule has 1 atom stereocenters. The third-order valence-electron chi connectivity index (χ3n) is 2.68. The van der Waals surface area contributed by atoms with Crippen molar-refractivity contribution >= 4 is 27.3 Å². The first-order chi connectivity index (χ1) is 9.22. The van der Waals surface area contributed by atoms with Crippen LogP contribution in [0.3, 0.4) is 0 Å². The summed E-state index contributed by atoms with van der Waals surface area (Å²) >= 11 is 5.03. The van der Waals surface area contributed by atoms with Gasteiger partial charge in [-0.15, -0.1) is 0 Å². The summed E-state index contributed by atoms with van der Waals surface area (Å²) in [5.41, 5.74) is 1.74. The average Bonchev–Trinajstić information content (AvgIpc) is 2.94. The van der Waals surface area contributed by atoms with Gasteiger partial charge in [0, 0.05) is 7.11 Å². The highest BCUT2D eigenvalue weighted by Crippen LogP contribution is 2.31. The summed E-state index contributed by atoms with van der Waals surface area (Å²) in [5, 5.41) is 14.1. The second-order valence-electron chi connectivity index (χ2n) is 3.99. The Kier molecular flexibility index (Phi) is 5.39. The minimum atomic E-state index is -0.601. The first-order valence-electron chi connectivity index (χ1n) is 5.83. The molecule has 0 aliphatic carbocycles. The molecule has 5 heteroatoms. The molecule has 1 heterocycles. The Balaban J connectivity index is 2.10. The van der Waals surface area contributed by atoms with Gasteiger partial charge in [0.1, 0.15) is 18.5 Å². The van der Waals surface area contributed by atoms with Gasteiger partial charge in [-0.2, -0.15) is 11.3 Å². The lowest BCUT2D eigenvalue weighted by Gasteiger charge is -2.13. The predicted octanol–water partition coefficient (Wildman–Crippen LogP) is 3.62. The van der Waals surface area contributed by atoms with Crippen LogP contribution in [-0.4, -0.2) is 25.4 Å². The van der Waals surface area contributed by atoms with Crippen LogP contribution in [-0.2, 0) is 4.74 Å². The predicted molar refractivity (Wildman–Crippen MR) is 79.9 cm³/mol. The minimum Gasteiger partial charge on any atom is -0.490 e. The SMILES string of the molecule is COCCOc1ccc(C(O)c2ccsc2)cc1Br. The maximum Gasteiger partial charge on any atom is 0.133 e. The van der Waals surface area contributed by atoms with E-state index in [0.29, 0.717) is 13.2 Å². The third kappa shape index (κ3) is 3.79. The van der Waals surface area contributed by atoms with Crippen LogP contribution >= 0.6 is 27.3 Å². The highest BCUT2D eigenvalue weighted by atomic mass is 79.9. The van der Waals surface area contributed by atoms with Crippen molar-refractivity contribution in [3.05, 3.63) is 50.6 Å². The van der Waals surface area contributed by atoms with Gasteiger partial charge < -0.3 is 14.6 Å². The van der Waals surface area contributed by atoms with Crippen LogP contribution in [0.25, 0.3) is 0 Å². The quantitative estimate of drug-likeness (QED) is 0.815. The van der Waals surface area contributed by atoms with Gasteiger partial charge in [0.15, 0.2) is 0 Å². The van der Waals surface area contributed by atoms with E-state index in [4.69, 9.17) is 9.47 Å². The molecule has 1 N–H and O–H groups in total. The summed E-state index contributed by atoms with van der Waals surface area (Å²) in [7, 11) is 1.64. The smallest absolute Gasteiger partial charge is 0.133 e. The Morgan fingerprint density at radius 1 is 1.26 bits per heavy atom. The molecule has 0 amide bonds. The van der Waals surface area contributed by atoms with Crippen molar-refractivity contribution in [2.45, 2.75) is 6.10 Å². The van der Waals surface area contributed by atoms with Crippen LogP contribution in [0.5, 0.6) is 5.75 Å². The summed E-state index contributed by atoms with van der Waals surface area (Å²) in [6.07, 6.45) is -0.601. The van der Waals surface area contributed by atoms with Crippen LogP contribution in [0, 0.1) is 0 Å². The maximum absolute atomic E-state index is 10.2. The van der Waals surface area contributed by atoms with E-state index in [0.717, 1.165) is 21.3 Å². The van der Waals surface area contributed by atoms with E-state index in [1.54, 1.807) is 18.4 Å². The lowest BCUT2D eigenvalue weighted by Crippen LogP contribution is -2.05. The van der Waals surface area contributed by atoms with Crippen molar-refractivity contribution in [2.24, 2.45) is 0 Å². The first kappa shape index (κ1) is 14.5. The summed E-state index contributed by atoms with van der Waals surface area (Å²) in [6.45, 7) is 1.05. The summed E-state index contributed by atoms with van der Waals surface area (Å²) < 4.78 is 11.3. The standard InChI is InChI=1S/C14H15BrO3S/c1-17-5-6-18-13-3-2-10(8-12(13)15)14(16)11-4-7-19-9-11/h2-4,7-9,14,16H,5-6H2,1H3. The molecule has 0 aliphatic heterocycles. The number of hydrogen-bond donors (Lipinski definition) is 1. The molecular weight excluding hydrogens is 328 g/mol. The molecule has 1 aromatic carbocycles. The average molecular weight is 343 g/mol. The molecule has 3 nitrogen and oxygen atoms in total. The van der Waals surface area contributed by atoms with Gasteiger partial charge in [0.25, 0.3) is 0 Å².